The Balaban J connectivity index is 1.87. The van der Waals surface area contributed by atoms with Crippen LogP contribution >= 0.6 is 11.3 Å². The molecule has 5 nitrogen and oxygen atoms in total. The van der Waals surface area contributed by atoms with Gasteiger partial charge in [-0.1, -0.05) is 13.0 Å². The lowest BCUT2D eigenvalue weighted by molar-refractivity contribution is -0.152. The molecule has 22 heavy (non-hydrogen) atoms. The fourth-order valence-electron chi connectivity index (χ4n) is 1.73. The second-order valence-electron chi connectivity index (χ2n) is 4.59. The van der Waals surface area contributed by atoms with Crippen LogP contribution in [0.2, 0.25) is 0 Å². The molecule has 0 radical (unpaired) electrons. The van der Waals surface area contributed by atoms with E-state index in [2.05, 4.69) is 4.98 Å². The third-order valence-electron chi connectivity index (χ3n) is 2.87. The lowest BCUT2D eigenvalue weighted by Crippen LogP contribution is -2.26. The molecule has 1 atom stereocenters. The average Bonchev–Trinajstić information content (AvgIpc) is 3.00. The van der Waals surface area contributed by atoms with Crippen LogP contribution in [0.4, 0.5) is 0 Å². The maximum atomic E-state index is 11.9. The number of rotatable bonds is 6. The van der Waals surface area contributed by atoms with E-state index in [-0.39, 0.29) is 6.61 Å². The van der Waals surface area contributed by atoms with Gasteiger partial charge in [-0.3, -0.25) is 0 Å². The molecule has 0 N–H and O–H groups in total. The largest absolute Gasteiger partial charge is 0.479 e. The molecule has 2 rings (SSSR count). The third kappa shape index (κ3) is 4.30. The molecule has 2 aromatic rings. The van der Waals surface area contributed by atoms with Crippen molar-refractivity contribution in [3.8, 4) is 11.8 Å². The zero-order valence-corrected chi connectivity index (χ0v) is 13.2. The lowest BCUT2D eigenvalue weighted by atomic mass is 10.2. The first-order valence-electron chi connectivity index (χ1n) is 6.89. The van der Waals surface area contributed by atoms with E-state index < -0.39 is 12.1 Å². The zero-order chi connectivity index (χ0) is 15.9. The highest BCUT2D eigenvalue weighted by Crippen LogP contribution is 2.15. The molecule has 0 bridgehead atoms. The summed E-state index contributed by atoms with van der Waals surface area (Å²) in [5, 5.41) is 11.7. The Hall–Kier alpha value is -2.39. The number of benzene rings is 1. The minimum Gasteiger partial charge on any atom is -0.479 e. The maximum absolute atomic E-state index is 11.9. The third-order valence-corrected chi connectivity index (χ3v) is 3.91. The van der Waals surface area contributed by atoms with E-state index >= 15 is 0 Å². The van der Waals surface area contributed by atoms with Gasteiger partial charge in [0.15, 0.2) is 6.10 Å². The predicted molar refractivity (Wildman–Crippen MR) is 82.5 cm³/mol. The van der Waals surface area contributed by atoms with Crippen molar-refractivity contribution in [3.63, 3.8) is 0 Å². The number of nitrogens with zero attached hydrogens (tertiary/aromatic N) is 2. The van der Waals surface area contributed by atoms with Gasteiger partial charge >= 0.3 is 5.97 Å². The van der Waals surface area contributed by atoms with E-state index in [9.17, 15) is 4.79 Å². The average molecular weight is 316 g/mol. The van der Waals surface area contributed by atoms with Gasteiger partial charge in [-0.05, 0) is 31.5 Å². The van der Waals surface area contributed by atoms with E-state index in [1.165, 1.54) is 0 Å². The minimum absolute atomic E-state index is 0.140. The Kier molecular flexibility index (Phi) is 5.50. The molecule has 114 valence electrons. The Morgan fingerprint density at radius 3 is 3.00 bits per heavy atom. The second-order valence-corrected chi connectivity index (χ2v) is 5.54. The van der Waals surface area contributed by atoms with Gasteiger partial charge in [0, 0.05) is 5.38 Å². The van der Waals surface area contributed by atoms with Crippen molar-refractivity contribution < 1.29 is 14.3 Å². The van der Waals surface area contributed by atoms with Crippen LogP contribution < -0.4 is 4.74 Å². The highest BCUT2D eigenvalue weighted by molar-refractivity contribution is 7.09. The highest BCUT2D eigenvalue weighted by Gasteiger charge is 2.17. The Bertz CT molecular complexity index is 691. The lowest BCUT2D eigenvalue weighted by Gasteiger charge is -2.13. The van der Waals surface area contributed by atoms with Gasteiger partial charge in [-0.15, -0.1) is 11.3 Å². The van der Waals surface area contributed by atoms with E-state index in [1.54, 1.807) is 42.5 Å². The number of esters is 1. The molecule has 1 aromatic carbocycles. The van der Waals surface area contributed by atoms with Gasteiger partial charge in [-0.2, -0.15) is 5.26 Å². The minimum atomic E-state index is -0.752. The molecule has 0 fully saturated rings. The van der Waals surface area contributed by atoms with Crippen LogP contribution in [0.1, 0.15) is 30.1 Å². The van der Waals surface area contributed by atoms with Crippen LogP contribution in [-0.2, 0) is 22.6 Å². The summed E-state index contributed by atoms with van der Waals surface area (Å²) in [6.07, 6.45) is 0.117. The van der Waals surface area contributed by atoms with E-state index in [1.807, 2.05) is 18.4 Å². The van der Waals surface area contributed by atoms with E-state index in [0.29, 0.717) is 11.3 Å². The second kappa shape index (κ2) is 7.57. The summed E-state index contributed by atoms with van der Waals surface area (Å²) in [5.74, 6) is -0.00108. The molecule has 0 aliphatic carbocycles. The van der Waals surface area contributed by atoms with Crippen LogP contribution in [-0.4, -0.2) is 17.1 Å². The van der Waals surface area contributed by atoms with Crippen molar-refractivity contribution in [2.24, 2.45) is 0 Å². The number of nitriles is 1. The SMILES string of the molecule is CCc1nc(COC(=O)C(C)Oc2cccc(C#N)c2)cs1. The summed E-state index contributed by atoms with van der Waals surface area (Å²) in [5.41, 5.74) is 1.22. The number of ether oxygens (including phenoxy) is 2. The number of hydrogen-bond acceptors (Lipinski definition) is 6. The monoisotopic (exact) mass is 316 g/mol. The van der Waals surface area contributed by atoms with Gasteiger partial charge in [0.25, 0.3) is 0 Å². The molecule has 0 saturated carbocycles. The molecule has 0 spiro atoms. The van der Waals surface area contributed by atoms with Gasteiger partial charge in [0.1, 0.15) is 12.4 Å². The molecule has 0 amide bonds. The van der Waals surface area contributed by atoms with Crippen molar-refractivity contribution in [2.45, 2.75) is 33.0 Å². The van der Waals surface area contributed by atoms with Crippen LogP contribution in [0, 0.1) is 11.3 Å². The highest BCUT2D eigenvalue weighted by atomic mass is 32.1. The van der Waals surface area contributed by atoms with Gasteiger partial charge < -0.3 is 9.47 Å². The first-order valence-corrected chi connectivity index (χ1v) is 7.77. The summed E-state index contributed by atoms with van der Waals surface area (Å²) in [4.78, 5) is 16.2. The summed E-state index contributed by atoms with van der Waals surface area (Å²) in [7, 11) is 0. The van der Waals surface area contributed by atoms with Crippen LogP contribution in [0.25, 0.3) is 0 Å². The van der Waals surface area contributed by atoms with Gasteiger partial charge in [0.2, 0.25) is 0 Å². The Morgan fingerprint density at radius 1 is 1.50 bits per heavy atom. The van der Waals surface area contributed by atoms with Crippen LogP contribution in [0.15, 0.2) is 29.6 Å². The molecule has 0 saturated heterocycles. The first kappa shape index (κ1) is 16.0. The number of carbonyl (C=O) groups is 1. The van der Waals surface area contributed by atoms with Crippen molar-refractivity contribution in [1.82, 2.24) is 4.98 Å². The standard InChI is InChI=1S/C16H16N2O3S/c1-3-15-18-13(10-22-15)9-20-16(19)11(2)21-14-6-4-5-12(7-14)8-17/h4-7,10-11H,3,9H2,1-2H3. The number of aromatic nitrogens is 1. The number of aryl methyl sites for hydroxylation is 1. The van der Waals surface area contributed by atoms with Crippen molar-refractivity contribution in [2.75, 3.05) is 0 Å². The smallest absolute Gasteiger partial charge is 0.347 e. The van der Waals surface area contributed by atoms with E-state index in [0.717, 1.165) is 17.1 Å². The molecule has 0 aliphatic rings. The predicted octanol–water partition coefficient (Wildman–Crippen LogP) is 3.09. The molecule has 1 unspecified atom stereocenters. The molecule has 0 aliphatic heterocycles. The fraction of sp³-hybridized carbons (Fsp3) is 0.312. The fourth-order valence-corrected chi connectivity index (χ4v) is 2.46. The van der Waals surface area contributed by atoms with Crippen molar-refractivity contribution >= 4 is 17.3 Å². The molecular formula is C16H16N2O3S. The first-order chi connectivity index (χ1) is 10.6. The van der Waals surface area contributed by atoms with Gasteiger partial charge in [-0.25, -0.2) is 9.78 Å². The van der Waals surface area contributed by atoms with Crippen molar-refractivity contribution in [3.05, 3.63) is 45.9 Å². The number of thiazole rings is 1. The topological polar surface area (TPSA) is 72.2 Å². The summed E-state index contributed by atoms with van der Waals surface area (Å²) < 4.78 is 10.7. The maximum Gasteiger partial charge on any atom is 0.347 e. The summed E-state index contributed by atoms with van der Waals surface area (Å²) in [6, 6.07) is 8.67. The van der Waals surface area contributed by atoms with Crippen LogP contribution in [0.5, 0.6) is 5.75 Å². The van der Waals surface area contributed by atoms with E-state index in [4.69, 9.17) is 14.7 Å². The van der Waals surface area contributed by atoms with Crippen LogP contribution in [0.3, 0.4) is 0 Å². The molecule has 1 aromatic heterocycles. The van der Waals surface area contributed by atoms with Gasteiger partial charge in [0.05, 0.1) is 22.3 Å². The zero-order valence-electron chi connectivity index (χ0n) is 12.4. The van der Waals surface area contributed by atoms with Crippen molar-refractivity contribution in [1.29, 1.82) is 5.26 Å². The number of hydrogen-bond donors (Lipinski definition) is 0. The molecular weight excluding hydrogens is 300 g/mol. The Labute approximate surface area is 133 Å². The normalized spacial score (nSPS) is 11.5. The molecule has 1 heterocycles. The Morgan fingerprint density at radius 2 is 2.32 bits per heavy atom. The quantitative estimate of drug-likeness (QED) is 0.766. The summed E-state index contributed by atoms with van der Waals surface area (Å²) in [6.45, 7) is 3.78. The number of carbonyl (C=O) groups excluding carboxylic acids is 1. The summed E-state index contributed by atoms with van der Waals surface area (Å²) >= 11 is 1.55. The molecule has 6 heteroatoms.